The van der Waals surface area contributed by atoms with Gasteiger partial charge in [0.05, 0.1) is 12.6 Å². The van der Waals surface area contributed by atoms with E-state index in [0.717, 1.165) is 23.5 Å². The van der Waals surface area contributed by atoms with E-state index in [1.165, 1.54) is 5.56 Å². The second-order valence-corrected chi connectivity index (χ2v) is 4.49. The third-order valence-corrected chi connectivity index (χ3v) is 2.87. The summed E-state index contributed by atoms with van der Waals surface area (Å²) < 4.78 is 1.11. The maximum absolute atomic E-state index is 4.31. The first-order valence-electron chi connectivity index (χ1n) is 5.06. The highest BCUT2D eigenvalue weighted by Gasteiger charge is 2.10. The molecule has 4 heteroatoms. The second kappa shape index (κ2) is 4.66. The van der Waals surface area contributed by atoms with Gasteiger partial charge in [0.1, 0.15) is 0 Å². The molecule has 80 valence electrons. The Kier molecular flexibility index (Phi) is 3.26. The lowest BCUT2D eigenvalue weighted by Crippen LogP contribution is -2.35. The van der Waals surface area contributed by atoms with Gasteiger partial charge in [0.2, 0.25) is 0 Å². The molecular formula is C11H14BrN3. The van der Waals surface area contributed by atoms with E-state index in [1.54, 1.807) is 0 Å². The van der Waals surface area contributed by atoms with Gasteiger partial charge in [0, 0.05) is 11.0 Å². The minimum Gasteiger partial charge on any atom is -0.355 e. The molecule has 0 spiro atoms. The van der Waals surface area contributed by atoms with Gasteiger partial charge in [-0.05, 0) is 24.6 Å². The molecule has 0 unspecified atom stereocenters. The molecule has 1 atom stereocenters. The topological polar surface area (TPSA) is 36.4 Å². The Balaban J connectivity index is 2.04. The van der Waals surface area contributed by atoms with E-state index >= 15 is 0 Å². The fraction of sp³-hybridized carbons (Fsp3) is 0.364. The van der Waals surface area contributed by atoms with Gasteiger partial charge in [0.25, 0.3) is 0 Å². The Hall–Kier alpha value is -1.03. The zero-order valence-electron chi connectivity index (χ0n) is 8.63. The molecule has 1 aromatic carbocycles. The monoisotopic (exact) mass is 267 g/mol. The van der Waals surface area contributed by atoms with E-state index < -0.39 is 0 Å². The molecule has 0 radical (unpaired) electrons. The second-order valence-electron chi connectivity index (χ2n) is 3.58. The first-order valence-corrected chi connectivity index (χ1v) is 5.85. The standard InChI is InChI=1S/C11H14BrN3/c1-8(15-11-13-5-6-14-11)9-3-2-4-10(12)7-9/h2-4,7-8H,5-6H2,1H3,(H2,13,14,15)/t8-/m1/s1. The van der Waals surface area contributed by atoms with Crippen LogP contribution >= 0.6 is 15.9 Å². The molecule has 0 aromatic heterocycles. The molecular weight excluding hydrogens is 254 g/mol. The molecule has 15 heavy (non-hydrogen) atoms. The van der Waals surface area contributed by atoms with Crippen molar-refractivity contribution in [2.45, 2.75) is 13.0 Å². The molecule has 3 nitrogen and oxygen atoms in total. The zero-order valence-corrected chi connectivity index (χ0v) is 10.2. The van der Waals surface area contributed by atoms with Crippen molar-refractivity contribution in [1.29, 1.82) is 0 Å². The van der Waals surface area contributed by atoms with Crippen LogP contribution < -0.4 is 10.6 Å². The fourth-order valence-corrected chi connectivity index (χ4v) is 1.98. The lowest BCUT2D eigenvalue weighted by atomic mass is 10.1. The highest BCUT2D eigenvalue weighted by atomic mass is 79.9. The summed E-state index contributed by atoms with van der Waals surface area (Å²) in [6, 6.07) is 8.57. The van der Waals surface area contributed by atoms with Crippen molar-refractivity contribution in [3.8, 4) is 0 Å². The molecule has 2 rings (SSSR count). The lowest BCUT2D eigenvalue weighted by Gasteiger charge is -2.15. The van der Waals surface area contributed by atoms with E-state index in [1.807, 2.05) is 12.1 Å². The van der Waals surface area contributed by atoms with Crippen LogP contribution in [0.15, 0.2) is 33.7 Å². The summed E-state index contributed by atoms with van der Waals surface area (Å²) in [4.78, 5) is 4.31. The number of nitrogens with one attached hydrogen (secondary N) is 2. The van der Waals surface area contributed by atoms with Crippen LogP contribution in [0.25, 0.3) is 0 Å². The Morgan fingerprint density at radius 3 is 3.07 bits per heavy atom. The van der Waals surface area contributed by atoms with E-state index in [2.05, 4.69) is 50.6 Å². The van der Waals surface area contributed by atoms with Gasteiger partial charge in [-0.1, -0.05) is 28.1 Å². The average Bonchev–Trinajstić information content (AvgIpc) is 2.70. The number of hydrogen-bond donors (Lipinski definition) is 2. The van der Waals surface area contributed by atoms with Gasteiger partial charge in [-0.2, -0.15) is 0 Å². The van der Waals surface area contributed by atoms with Crippen LogP contribution in [-0.2, 0) is 0 Å². The van der Waals surface area contributed by atoms with Crippen molar-refractivity contribution in [2.75, 3.05) is 13.1 Å². The molecule has 0 aliphatic carbocycles. The number of rotatable bonds is 2. The number of benzene rings is 1. The van der Waals surface area contributed by atoms with E-state index in [-0.39, 0.29) is 6.04 Å². The summed E-state index contributed by atoms with van der Waals surface area (Å²) >= 11 is 3.47. The normalized spacial score (nSPS) is 16.8. The third kappa shape index (κ3) is 2.72. The van der Waals surface area contributed by atoms with Gasteiger partial charge in [0.15, 0.2) is 5.96 Å². The van der Waals surface area contributed by atoms with E-state index in [0.29, 0.717) is 0 Å². The highest BCUT2D eigenvalue weighted by Crippen LogP contribution is 2.17. The van der Waals surface area contributed by atoms with Gasteiger partial charge in [-0.15, -0.1) is 0 Å². The van der Waals surface area contributed by atoms with Crippen LogP contribution in [0.1, 0.15) is 18.5 Å². The smallest absolute Gasteiger partial charge is 0.191 e. The summed E-state index contributed by atoms with van der Waals surface area (Å²) in [5, 5.41) is 6.54. The van der Waals surface area contributed by atoms with Crippen LogP contribution in [0.3, 0.4) is 0 Å². The number of guanidine groups is 1. The maximum atomic E-state index is 4.31. The highest BCUT2D eigenvalue weighted by molar-refractivity contribution is 9.10. The van der Waals surface area contributed by atoms with E-state index in [9.17, 15) is 0 Å². The quantitative estimate of drug-likeness (QED) is 0.861. The number of nitrogens with zero attached hydrogens (tertiary/aromatic N) is 1. The van der Waals surface area contributed by atoms with Crippen LogP contribution in [0, 0.1) is 0 Å². The predicted octanol–water partition coefficient (Wildman–Crippen LogP) is 2.06. The summed E-state index contributed by atoms with van der Waals surface area (Å²) in [7, 11) is 0. The zero-order chi connectivity index (χ0) is 10.7. The van der Waals surface area contributed by atoms with Crippen LogP contribution in [-0.4, -0.2) is 19.0 Å². The predicted molar refractivity (Wildman–Crippen MR) is 66.0 cm³/mol. The molecule has 0 saturated carbocycles. The van der Waals surface area contributed by atoms with Gasteiger partial charge >= 0.3 is 0 Å². The van der Waals surface area contributed by atoms with Crippen LogP contribution in [0.4, 0.5) is 0 Å². The van der Waals surface area contributed by atoms with Gasteiger partial charge in [-0.3, -0.25) is 4.99 Å². The molecule has 1 aliphatic rings. The minimum atomic E-state index is 0.270. The van der Waals surface area contributed by atoms with Crippen molar-refractivity contribution in [3.05, 3.63) is 34.3 Å². The summed E-state index contributed by atoms with van der Waals surface area (Å²) in [6.07, 6.45) is 0. The molecule has 0 fully saturated rings. The first kappa shape index (κ1) is 10.5. The largest absolute Gasteiger partial charge is 0.355 e. The lowest BCUT2D eigenvalue weighted by molar-refractivity contribution is 0.702. The van der Waals surface area contributed by atoms with Crippen molar-refractivity contribution < 1.29 is 0 Å². The summed E-state index contributed by atoms with van der Waals surface area (Å²) in [5.74, 6) is 0.905. The third-order valence-electron chi connectivity index (χ3n) is 2.38. The molecule has 2 N–H and O–H groups in total. The molecule has 0 saturated heterocycles. The summed E-state index contributed by atoms with van der Waals surface area (Å²) in [5.41, 5.74) is 1.25. The Morgan fingerprint density at radius 1 is 1.53 bits per heavy atom. The Labute approximate surface area is 98.1 Å². The SMILES string of the molecule is C[C@@H](NC1=NCCN1)c1cccc(Br)c1. The van der Waals surface area contributed by atoms with Gasteiger partial charge in [-0.25, -0.2) is 0 Å². The van der Waals surface area contributed by atoms with E-state index in [4.69, 9.17) is 0 Å². The fourth-order valence-electron chi connectivity index (χ4n) is 1.56. The Morgan fingerprint density at radius 2 is 2.40 bits per heavy atom. The van der Waals surface area contributed by atoms with Crippen molar-refractivity contribution in [1.82, 2.24) is 10.6 Å². The molecule has 0 bridgehead atoms. The molecule has 1 heterocycles. The van der Waals surface area contributed by atoms with Crippen LogP contribution in [0.2, 0.25) is 0 Å². The molecule has 1 aliphatic heterocycles. The van der Waals surface area contributed by atoms with Gasteiger partial charge < -0.3 is 10.6 Å². The minimum absolute atomic E-state index is 0.270. The number of halogens is 1. The average molecular weight is 268 g/mol. The number of hydrogen-bond acceptors (Lipinski definition) is 3. The summed E-state index contributed by atoms with van der Waals surface area (Å²) in [6.45, 7) is 3.94. The van der Waals surface area contributed by atoms with Crippen molar-refractivity contribution in [2.24, 2.45) is 4.99 Å². The van der Waals surface area contributed by atoms with Crippen LogP contribution in [0.5, 0.6) is 0 Å². The number of aliphatic imine (C=N–C) groups is 1. The molecule has 0 amide bonds. The first-order chi connectivity index (χ1) is 7.25. The van der Waals surface area contributed by atoms with Crippen molar-refractivity contribution in [3.63, 3.8) is 0 Å². The molecule has 1 aromatic rings. The maximum Gasteiger partial charge on any atom is 0.191 e. The Bertz CT molecular complexity index is 376. The van der Waals surface area contributed by atoms with Crippen molar-refractivity contribution >= 4 is 21.9 Å².